The summed E-state index contributed by atoms with van der Waals surface area (Å²) < 4.78 is 10.6. The van der Waals surface area contributed by atoms with Crippen LogP contribution in [0.3, 0.4) is 0 Å². The molecule has 0 aliphatic carbocycles. The Bertz CT molecular complexity index is 633. The first kappa shape index (κ1) is 21.5. The molecule has 1 rings (SSSR count). The zero-order valence-corrected chi connectivity index (χ0v) is 16.1. The Balaban J connectivity index is 2.76. The molecule has 0 aliphatic rings. The number of benzene rings is 1. The van der Waals surface area contributed by atoms with Gasteiger partial charge in [-0.2, -0.15) is 0 Å². The molecule has 1 amide bonds. The quantitative estimate of drug-likeness (QED) is 0.298. The van der Waals surface area contributed by atoms with Gasteiger partial charge in [-0.3, -0.25) is 5.41 Å². The second-order valence-electron chi connectivity index (χ2n) is 7.60. The van der Waals surface area contributed by atoms with E-state index in [0.29, 0.717) is 18.6 Å². The lowest BCUT2D eigenvalue weighted by molar-refractivity contribution is -0.137. The number of esters is 1. The number of amides is 1. The van der Waals surface area contributed by atoms with Gasteiger partial charge in [-0.15, -0.1) is 0 Å². The monoisotopic (exact) mass is 363 g/mol. The highest BCUT2D eigenvalue weighted by Gasteiger charge is 2.26. The summed E-state index contributed by atoms with van der Waals surface area (Å²) in [6.07, 6.45) is 0.113. The van der Waals surface area contributed by atoms with Crippen molar-refractivity contribution in [2.45, 2.75) is 59.1 Å². The topological polar surface area (TPSA) is 114 Å². The van der Waals surface area contributed by atoms with Crippen molar-refractivity contribution in [2.24, 2.45) is 11.7 Å². The van der Waals surface area contributed by atoms with Crippen LogP contribution in [0.25, 0.3) is 0 Å². The van der Waals surface area contributed by atoms with Crippen LogP contribution in [-0.2, 0) is 16.0 Å². The molecule has 1 atom stereocenters. The second-order valence-corrected chi connectivity index (χ2v) is 7.60. The molecule has 0 spiro atoms. The van der Waals surface area contributed by atoms with Gasteiger partial charge in [-0.05, 0) is 50.8 Å². The number of carbonyl (C=O) groups is 2. The highest BCUT2D eigenvalue weighted by molar-refractivity contribution is 5.83. The number of nitrogens with two attached hydrogens (primary N) is 1. The Hall–Kier alpha value is -2.57. The van der Waals surface area contributed by atoms with E-state index in [1.165, 1.54) is 0 Å². The summed E-state index contributed by atoms with van der Waals surface area (Å²) in [6.45, 7) is 9.17. The Morgan fingerprint density at radius 2 is 1.77 bits per heavy atom. The molecule has 7 heteroatoms. The molecule has 0 heterocycles. The number of nitrogens with one attached hydrogen (secondary N) is 2. The van der Waals surface area contributed by atoms with Crippen molar-refractivity contribution in [1.82, 2.24) is 5.32 Å². The first-order valence-electron chi connectivity index (χ1n) is 8.59. The standard InChI is InChI=1S/C19H29N3O4/c1-12(2)10-15(22-18(24)26-19(3,4)5)17(23)25-14-8-6-13(7-9-14)11-16(20)21/h6-9,12,15H,10-11H2,1-5H3,(H3,20,21)(H,22,24)/t15-/m0/s1. The predicted molar refractivity (Wildman–Crippen MR) is 100 cm³/mol. The summed E-state index contributed by atoms with van der Waals surface area (Å²) in [5.74, 6) is 0.0552. The molecule has 0 saturated carbocycles. The average molecular weight is 363 g/mol. The summed E-state index contributed by atoms with van der Waals surface area (Å²) in [5.41, 5.74) is 5.57. The molecule has 0 aliphatic heterocycles. The van der Waals surface area contributed by atoms with Gasteiger partial charge in [0.05, 0.1) is 5.84 Å². The van der Waals surface area contributed by atoms with Gasteiger partial charge in [-0.25, -0.2) is 9.59 Å². The molecule has 0 aromatic heterocycles. The van der Waals surface area contributed by atoms with E-state index >= 15 is 0 Å². The van der Waals surface area contributed by atoms with E-state index in [0.717, 1.165) is 5.56 Å². The molecule has 0 radical (unpaired) electrons. The Labute approximate surface area is 154 Å². The maximum Gasteiger partial charge on any atom is 0.408 e. The van der Waals surface area contributed by atoms with Crippen LogP contribution in [0, 0.1) is 11.3 Å². The lowest BCUT2D eigenvalue weighted by Gasteiger charge is -2.23. The Kier molecular flexibility index (Phi) is 7.61. The van der Waals surface area contributed by atoms with Crippen molar-refractivity contribution in [3.63, 3.8) is 0 Å². The molecular weight excluding hydrogens is 334 g/mol. The van der Waals surface area contributed by atoms with Gasteiger partial charge in [0.15, 0.2) is 0 Å². The normalized spacial score (nSPS) is 12.4. The van der Waals surface area contributed by atoms with Crippen LogP contribution in [0.5, 0.6) is 5.75 Å². The fourth-order valence-electron chi connectivity index (χ4n) is 2.22. The van der Waals surface area contributed by atoms with E-state index in [1.807, 2.05) is 13.8 Å². The highest BCUT2D eigenvalue weighted by Crippen LogP contribution is 2.16. The zero-order chi connectivity index (χ0) is 19.9. The first-order valence-corrected chi connectivity index (χ1v) is 8.59. The van der Waals surface area contributed by atoms with E-state index in [1.54, 1.807) is 45.0 Å². The van der Waals surface area contributed by atoms with Crippen molar-refractivity contribution in [3.05, 3.63) is 29.8 Å². The van der Waals surface area contributed by atoms with Crippen LogP contribution in [0.1, 0.15) is 46.6 Å². The van der Waals surface area contributed by atoms with E-state index in [2.05, 4.69) is 5.32 Å². The summed E-state index contributed by atoms with van der Waals surface area (Å²) >= 11 is 0. The zero-order valence-electron chi connectivity index (χ0n) is 16.1. The molecule has 26 heavy (non-hydrogen) atoms. The molecule has 0 bridgehead atoms. The number of hydrogen-bond acceptors (Lipinski definition) is 5. The predicted octanol–water partition coefficient (Wildman–Crippen LogP) is 3.01. The maximum atomic E-state index is 12.5. The molecule has 1 aromatic carbocycles. The fraction of sp³-hybridized carbons (Fsp3) is 0.526. The Morgan fingerprint density at radius 3 is 2.23 bits per heavy atom. The van der Waals surface area contributed by atoms with Gasteiger partial charge in [0.2, 0.25) is 0 Å². The Morgan fingerprint density at radius 1 is 1.19 bits per heavy atom. The number of hydrogen-bond donors (Lipinski definition) is 3. The molecule has 0 saturated heterocycles. The summed E-state index contributed by atoms with van der Waals surface area (Å²) in [5, 5.41) is 9.87. The van der Waals surface area contributed by atoms with Crippen molar-refractivity contribution >= 4 is 17.9 Å². The molecule has 144 valence electrons. The largest absolute Gasteiger partial charge is 0.444 e. The fourth-order valence-corrected chi connectivity index (χ4v) is 2.22. The van der Waals surface area contributed by atoms with Crippen molar-refractivity contribution in [1.29, 1.82) is 5.41 Å². The van der Waals surface area contributed by atoms with Crippen molar-refractivity contribution in [2.75, 3.05) is 0 Å². The van der Waals surface area contributed by atoms with E-state index in [4.69, 9.17) is 20.6 Å². The lowest BCUT2D eigenvalue weighted by atomic mass is 10.0. The molecule has 4 N–H and O–H groups in total. The van der Waals surface area contributed by atoms with Crippen LogP contribution in [0.15, 0.2) is 24.3 Å². The number of carbonyl (C=O) groups excluding carboxylic acids is 2. The van der Waals surface area contributed by atoms with E-state index in [-0.39, 0.29) is 11.8 Å². The number of rotatable bonds is 7. The third kappa shape index (κ3) is 8.50. The lowest BCUT2D eigenvalue weighted by Crippen LogP contribution is -2.45. The van der Waals surface area contributed by atoms with Crippen molar-refractivity contribution < 1.29 is 19.1 Å². The minimum absolute atomic E-state index is 0.0632. The third-order valence-electron chi connectivity index (χ3n) is 3.22. The van der Waals surface area contributed by atoms with Gasteiger partial charge in [0, 0.05) is 6.42 Å². The summed E-state index contributed by atoms with van der Waals surface area (Å²) in [4.78, 5) is 24.4. The van der Waals surface area contributed by atoms with Crippen LogP contribution >= 0.6 is 0 Å². The van der Waals surface area contributed by atoms with Crippen LogP contribution in [0.4, 0.5) is 4.79 Å². The molecule has 7 nitrogen and oxygen atoms in total. The van der Waals surface area contributed by atoms with Gasteiger partial charge in [-0.1, -0.05) is 26.0 Å². The molecule has 0 unspecified atom stereocenters. The SMILES string of the molecule is CC(C)C[C@H](NC(=O)OC(C)(C)C)C(=O)Oc1ccc(CC(=N)N)cc1. The maximum absolute atomic E-state index is 12.5. The number of ether oxygens (including phenoxy) is 2. The average Bonchev–Trinajstić information content (AvgIpc) is 2.45. The molecular formula is C19H29N3O4. The summed E-state index contributed by atoms with van der Waals surface area (Å²) in [7, 11) is 0. The van der Waals surface area contributed by atoms with Gasteiger partial charge in [0.25, 0.3) is 0 Å². The first-order chi connectivity index (χ1) is 12.0. The number of alkyl carbamates (subject to hydrolysis) is 1. The smallest absolute Gasteiger partial charge is 0.408 e. The number of amidine groups is 1. The third-order valence-corrected chi connectivity index (χ3v) is 3.22. The summed E-state index contributed by atoms with van der Waals surface area (Å²) in [6, 6.07) is 5.94. The minimum atomic E-state index is -0.804. The van der Waals surface area contributed by atoms with Crippen LogP contribution < -0.4 is 15.8 Å². The van der Waals surface area contributed by atoms with Crippen molar-refractivity contribution in [3.8, 4) is 5.75 Å². The van der Waals surface area contributed by atoms with Gasteiger partial charge in [0.1, 0.15) is 17.4 Å². The highest BCUT2D eigenvalue weighted by atomic mass is 16.6. The van der Waals surface area contributed by atoms with Gasteiger partial charge >= 0.3 is 12.1 Å². The van der Waals surface area contributed by atoms with Gasteiger partial charge < -0.3 is 20.5 Å². The van der Waals surface area contributed by atoms with E-state index in [9.17, 15) is 9.59 Å². The molecule has 0 fully saturated rings. The van der Waals surface area contributed by atoms with Crippen LogP contribution in [0.2, 0.25) is 0 Å². The second kappa shape index (κ2) is 9.22. The minimum Gasteiger partial charge on any atom is -0.444 e. The molecule has 1 aromatic rings. The van der Waals surface area contributed by atoms with Crippen LogP contribution in [-0.4, -0.2) is 29.5 Å². The van der Waals surface area contributed by atoms with E-state index < -0.39 is 23.7 Å².